The van der Waals surface area contributed by atoms with Crippen molar-refractivity contribution in [3.05, 3.63) is 71.0 Å². The summed E-state index contributed by atoms with van der Waals surface area (Å²) in [5, 5.41) is 19.3. The molecular weight excluding hydrogens is 783 g/mol. The SMILES string of the molecule is C[C@H]1CN(C(=O)c2ccc(NC(=O)c3ncc(-c4cn(-c5ccc(N)cn5)nc4C(F)(F)F)n3C)cc2Cl)CCN1C(=O)C1CC[N+](CC(=O)O)(CC2CNC2)CC1. The standard InChI is InChI=1S/C38H43ClF3N11O5/c1-22-18-50(9-10-51(22)36(57)24-7-11-53(12-8-24,21-32(54)55)20-23-14-44-15-23)37(58)27-5-4-26(13-29(27)39)47-35(56)34-46-17-30(49(34)2)28-19-52(48-33(28)38(40,41)42)31-6-3-25(43)16-45-31/h3-6,13,16-17,19,22-24,44H,7-12,14-15,18,20-21,43H2,1-2H3,(H-,47,54,55,56,58)/p+1/t22-,24?,53?/m0/s1. The summed E-state index contributed by atoms with van der Waals surface area (Å²) >= 11 is 6.57. The Morgan fingerprint density at radius 2 is 1.81 bits per heavy atom. The topological polar surface area (TPSA) is 194 Å². The number of carboxylic acids is 1. The summed E-state index contributed by atoms with van der Waals surface area (Å²) in [6.07, 6.45) is -0.0192. The van der Waals surface area contributed by atoms with Gasteiger partial charge in [0.25, 0.3) is 11.8 Å². The van der Waals surface area contributed by atoms with Crippen LogP contribution in [0, 0.1) is 11.8 Å². The molecule has 0 unspecified atom stereocenters. The lowest BCUT2D eigenvalue weighted by molar-refractivity contribution is -0.929. The number of halogens is 4. The number of nitrogen functional groups attached to an aromatic ring is 1. The number of rotatable bonds is 10. The summed E-state index contributed by atoms with van der Waals surface area (Å²) in [7, 11) is 1.40. The summed E-state index contributed by atoms with van der Waals surface area (Å²) < 4.78 is 45.0. The number of imidazole rings is 1. The maximum atomic E-state index is 14.1. The van der Waals surface area contributed by atoms with E-state index in [0.717, 1.165) is 36.7 Å². The van der Waals surface area contributed by atoms with Crippen LogP contribution in [0.3, 0.4) is 0 Å². The van der Waals surface area contributed by atoms with Gasteiger partial charge in [0, 0.05) is 82.4 Å². The van der Waals surface area contributed by atoms with Gasteiger partial charge in [0.1, 0.15) is 0 Å². The average Bonchev–Trinajstić information content (AvgIpc) is 3.77. The second kappa shape index (κ2) is 16.0. The quantitative estimate of drug-likeness (QED) is 0.172. The first kappa shape index (κ1) is 40.7. The van der Waals surface area contributed by atoms with Crippen LogP contribution in [0.2, 0.25) is 5.02 Å². The number of alkyl halides is 3. The van der Waals surface area contributed by atoms with E-state index < -0.39 is 23.7 Å². The second-order valence-corrected chi connectivity index (χ2v) is 15.8. The summed E-state index contributed by atoms with van der Waals surface area (Å²) in [5.74, 6) is -1.72. The largest absolute Gasteiger partial charge is 0.477 e. The Kier molecular flexibility index (Phi) is 11.2. The Morgan fingerprint density at radius 3 is 2.41 bits per heavy atom. The van der Waals surface area contributed by atoms with Gasteiger partial charge in [-0.25, -0.2) is 19.4 Å². The van der Waals surface area contributed by atoms with Gasteiger partial charge in [-0.05, 0) is 37.3 Å². The third-order valence-corrected chi connectivity index (χ3v) is 11.7. The van der Waals surface area contributed by atoms with Gasteiger partial charge in [-0.2, -0.15) is 18.3 Å². The molecule has 7 rings (SSSR count). The minimum absolute atomic E-state index is 0.0258. The third-order valence-electron chi connectivity index (χ3n) is 11.3. The molecule has 3 fully saturated rings. The molecule has 0 aliphatic carbocycles. The summed E-state index contributed by atoms with van der Waals surface area (Å²) in [4.78, 5) is 64.0. The number of nitrogens with two attached hydrogens (primary N) is 1. The first-order valence-corrected chi connectivity index (χ1v) is 19.3. The van der Waals surface area contributed by atoms with Crippen LogP contribution in [0.1, 0.15) is 46.4 Å². The molecule has 16 nitrogen and oxygen atoms in total. The Labute approximate surface area is 336 Å². The van der Waals surface area contributed by atoms with Gasteiger partial charge in [-0.3, -0.25) is 14.4 Å². The zero-order chi connectivity index (χ0) is 41.5. The highest BCUT2D eigenvalue weighted by Gasteiger charge is 2.43. The van der Waals surface area contributed by atoms with Gasteiger partial charge in [-0.1, -0.05) is 11.6 Å². The number of anilines is 2. The molecule has 3 aliphatic heterocycles. The van der Waals surface area contributed by atoms with Crippen molar-refractivity contribution in [2.24, 2.45) is 18.9 Å². The molecule has 6 heterocycles. The lowest BCUT2D eigenvalue weighted by Crippen LogP contribution is -2.63. The number of likely N-dealkylation sites (tertiary alicyclic amines) is 1. The lowest BCUT2D eigenvalue weighted by atomic mass is 9.90. The van der Waals surface area contributed by atoms with E-state index in [1.165, 1.54) is 48.1 Å². The molecule has 3 saturated heterocycles. The highest BCUT2D eigenvalue weighted by molar-refractivity contribution is 6.34. The molecule has 0 bridgehead atoms. The van der Waals surface area contributed by atoms with E-state index in [0.29, 0.717) is 48.6 Å². The lowest BCUT2D eigenvalue weighted by Gasteiger charge is -2.47. The first-order valence-electron chi connectivity index (χ1n) is 18.9. The summed E-state index contributed by atoms with van der Waals surface area (Å²) in [6.45, 7) is 6.73. The van der Waals surface area contributed by atoms with Crippen molar-refractivity contribution >= 4 is 46.7 Å². The fourth-order valence-corrected chi connectivity index (χ4v) is 8.46. The molecule has 1 atom stereocenters. The molecule has 20 heteroatoms. The van der Waals surface area contributed by atoms with Crippen LogP contribution < -0.4 is 16.4 Å². The number of benzene rings is 1. The molecule has 308 valence electrons. The number of carbonyl (C=O) groups excluding carboxylic acids is 3. The zero-order valence-electron chi connectivity index (χ0n) is 31.9. The maximum Gasteiger partial charge on any atom is 0.435 e. The number of nitrogens with one attached hydrogen (secondary N) is 2. The van der Waals surface area contributed by atoms with Gasteiger partial charge in [0.15, 0.2) is 23.9 Å². The van der Waals surface area contributed by atoms with Crippen LogP contribution in [-0.2, 0) is 22.8 Å². The monoisotopic (exact) mass is 826 g/mol. The van der Waals surface area contributed by atoms with E-state index in [1.54, 1.807) is 4.90 Å². The van der Waals surface area contributed by atoms with Gasteiger partial charge in [0.05, 0.1) is 59.6 Å². The maximum absolute atomic E-state index is 14.1. The van der Waals surface area contributed by atoms with Gasteiger partial charge in [-0.15, -0.1) is 0 Å². The number of hydrogen-bond acceptors (Lipinski definition) is 9. The number of aliphatic carboxylic acids is 1. The molecule has 3 aliphatic rings. The molecule has 4 aromatic rings. The third kappa shape index (κ3) is 8.37. The molecule has 3 amide bonds. The number of quaternary nitrogens is 1. The number of nitrogens with zero attached hydrogens (tertiary/aromatic N) is 8. The Bertz CT molecular complexity index is 2210. The average molecular weight is 827 g/mol. The molecular formula is C38H44ClF3N11O5+. The van der Waals surface area contributed by atoms with Crippen molar-refractivity contribution in [1.29, 1.82) is 0 Å². The van der Waals surface area contributed by atoms with Crippen molar-refractivity contribution in [1.82, 2.24) is 39.4 Å². The van der Waals surface area contributed by atoms with Crippen molar-refractivity contribution in [2.75, 3.05) is 70.0 Å². The second-order valence-electron chi connectivity index (χ2n) is 15.4. The van der Waals surface area contributed by atoms with E-state index in [1.807, 2.05) is 11.8 Å². The van der Waals surface area contributed by atoms with Gasteiger partial charge in [0.2, 0.25) is 5.91 Å². The van der Waals surface area contributed by atoms with Crippen LogP contribution in [0.15, 0.2) is 48.9 Å². The number of amides is 3. The smallest absolute Gasteiger partial charge is 0.435 e. The summed E-state index contributed by atoms with van der Waals surface area (Å²) in [5.41, 5.74) is 4.86. The van der Waals surface area contributed by atoms with Crippen molar-refractivity contribution in [3.63, 3.8) is 0 Å². The molecule has 0 radical (unpaired) electrons. The first-order chi connectivity index (χ1) is 27.5. The number of carbonyl (C=O) groups is 4. The molecule has 0 spiro atoms. The number of piperazine rings is 1. The number of piperidine rings is 1. The van der Waals surface area contributed by atoms with Crippen molar-refractivity contribution in [2.45, 2.75) is 32.0 Å². The van der Waals surface area contributed by atoms with Crippen molar-refractivity contribution < 1.29 is 41.9 Å². The number of carboxylic acid groups (broad SMARTS) is 1. The minimum Gasteiger partial charge on any atom is -0.477 e. The molecule has 0 saturated carbocycles. The Morgan fingerprint density at radius 1 is 1.07 bits per heavy atom. The fraction of sp³-hybridized carbons (Fsp3) is 0.447. The molecule has 58 heavy (non-hydrogen) atoms. The van der Waals surface area contributed by atoms with Crippen LogP contribution in [0.5, 0.6) is 0 Å². The molecule has 5 N–H and O–H groups in total. The predicted octanol–water partition coefficient (Wildman–Crippen LogP) is 3.38. The fourth-order valence-electron chi connectivity index (χ4n) is 8.20. The van der Waals surface area contributed by atoms with Gasteiger partial charge >= 0.3 is 12.1 Å². The molecule has 1 aromatic carbocycles. The highest BCUT2D eigenvalue weighted by atomic mass is 35.5. The Hall–Kier alpha value is -5.53. The number of hydrogen-bond donors (Lipinski definition) is 4. The van der Waals surface area contributed by atoms with E-state index >= 15 is 0 Å². The van der Waals surface area contributed by atoms with Gasteiger partial charge < -0.3 is 40.3 Å². The number of aromatic nitrogens is 5. The summed E-state index contributed by atoms with van der Waals surface area (Å²) in [6, 6.07) is 7.01. The van der Waals surface area contributed by atoms with E-state index in [4.69, 9.17) is 17.3 Å². The predicted molar refractivity (Wildman–Crippen MR) is 206 cm³/mol. The van der Waals surface area contributed by atoms with E-state index in [-0.39, 0.29) is 82.6 Å². The van der Waals surface area contributed by atoms with Crippen LogP contribution in [0.25, 0.3) is 17.1 Å². The highest BCUT2D eigenvalue weighted by Crippen LogP contribution is 2.37. The molecule has 3 aromatic heterocycles. The van der Waals surface area contributed by atoms with Crippen LogP contribution in [0.4, 0.5) is 24.5 Å². The van der Waals surface area contributed by atoms with E-state index in [2.05, 4.69) is 25.7 Å². The minimum atomic E-state index is -4.83. The zero-order valence-corrected chi connectivity index (χ0v) is 32.6. The number of pyridine rings is 1. The van der Waals surface area contributed by atoms with E-state index in [9.17, 15) is 37.5 Å². The van der Waals surface area contributed by atoms with Crippen LogP contribution >= 0.6 is 11.6 Å². The van der Waals surface area contributed by atoms with Crippen LogP contribution in [-0.4, -0.2) is 132 Å². The van der Waals surface area contributed by atoms with Crippen molar-refractivity contribution in [3.8, 4) is 17.1 Å². The Balaban J connectivity index is 0.970. The normalized spacial score (nSPS) is 21.4.